The summed E-state index contributed by atoms with van der Waals surface area (Å²) in [6.45, 7) is 6.54. The first-order valence-electron chi connectivity index (χ1n) is 5.84. The Labute approximate surface area is 92.5 Å². The third-order valence-electron chi connectivity index (χ3n) is 2.94. The van der Waals surface area contributed by atoms with Crippen LogP contribution in [-0.2, 0) is 6.42 Å². The first kappa shape index (κ1) is 11.8. The highest BCUT2D eigenvalue weighted by Crippen LogP contribution is 2.20. The van der Waals surface area contributed by atoms with Gasteiger partial charge >= 0.3 is 0 Å². The van der Waals surface area contributed by atoms with Crippen molar-refractivity contribution in [1.29, 1.82) is 5.26 Å². The molecular weight excluding hydrogens is 184 g/mol. The van der Waals surface area contributed by atoms with E-state index in [0.29, 0.717) is 6.04 Å². The molecule has 1 aromatic rings. The van der Waals surface area contributed by atoms with Gasteiger partial charge in [0, 0.05) is 11.7 Å². The zero-order valence-electron chi connectivity index (χ0n) is 9.95. The maximum absolute atomic E-state index is 9.03. The molecule has 2 nitrogen and oxygen atoms in total. The van der Waals surface area contributed by atoms with Crippen molar-refractivity contribution in [3.05, 3.63) is 23.5 Å². The lowest BCUT2D eigenvalue weighted by molar-refractivity contribution is 0.506. The zero-order chi connectivity index (χ0) is 11.3. The average Bonchev–Trinajstić information content (AvgIpc) is 2.68. The molecule has 0 bridgehead atoms. The monoisotopic (exact) mass is 204 g/mol. The van der Waals surface area contributed by atoms with E-state index in [0.717, 1.165) is 18.5 Å². The normalized spacial score (nSPS) is 12.4. The molecule has 1 atom stereocenters. The van der Waals surface area contributed by atoms with Crippen molar-refractivity contribution in [2.45, 2.75) is 52.5 Å². The van der Waals surface area contributed by atoms with Crippen LogP contribution in [0.3, 0.4) is 0 Å². The maximum Gasteiger partial charge on any atom is 0.120 e. The van der Waals surface area contributed by atoms with Gasteiger partial charge in [-0.1, -0.05) is 20.3 Å². The standard InChI is InChI=1S/C13H20N2/c1-4-6-7-12-8-9-13(10-14)15(12)11(3)5-2/h8-9,11H,4-7H2,1-3H3/t11-/m0/s1. The zero-order valence-corrected chi connectivity index (χ0v) is 9.95. The van der Waals surface area contributed by atoms with Gasteiger partial charge in [0.15, 0.2) is 0 Å². The van der Waals surface area contributed by atoms with Crippen LogP contribution in [-0.4, -0.2) is 4.57 Å². The summed E-state index contributed by atoms with van der Waals surface area (Å²) in [6, 6.07) is 6.74. The van der Waals surface area contributed by atoms with Crippen molar-refractivity contribution in [3.8, 4) is 6.07 Å². The van der Waals surface area contributed by atoms with Crippen molar-refractivity contribution >= 4 is 0 Å². The molecule has 1 rings (SSSR count). The number of unbranched alkanes of at least 4 members (excludes halogenated alkanes) is 1. The molecule has 0 unspecified atom stereocenters. The summed E-state index contributed by atoms with van der Waals surface area (Å²) in [7, 11) is 0. The molecule has 15 heavy (non-hydrogen) atoms. The lowest BCUT2D eigenvalue weighted by atomic mass is 10.2. The van der Waals surface area contributed by atoms with Crippen LogP contribution in [0.15, 0.2) is 12.1 Å². The lowest BCUT2D eigenvalue weighted by Gasteiger charge is -2.16. The Kier molecular flexibility index (Phi) is 4.42. The fourth-order valence-corrected chi connectivity index (χ4v) is 1.85. The molecule has 0 aliphatic carbocycles. The largest absolute Gasteiger partial charge is 0.334 e. The summed E-state index contributed by atoms with van der Waals surface area (Å²) in [6.07, 6.45) is 4.56. The maximum atomic E-state index is 9.03. The van der Waals surface area contributed by atoms with E-state index in [2.05, 4.69) is 37.5 Å². The van der Waals surface area contributed by atoms with Gasteiger partial charge in [0.25, 0.3) is 0 Å². The minimum absolute atomic E-state index is 0.432. The molecule has 2 heteroatoms. The molecule has 0 saturated carbocycles. The van der Waals surface area contributed by atoms with Crippen LogP contribution in [0.5, 0.6) is 0 Å². The number of nitrogens with zero attached hydrogens (tertiary/aromatic N) is 2. The van der Waals surface area contributed by atoms with Crippen molar-refractivity contribution < 1.29 is 0 Å². The molecule has 0 fully saturated rings. The highest BCUT2D eigenvalue weighted by atomic mass is 15.0. The minimum Gasteiger partial charge on any atom is -0.334 e. The molecule has 0 saturated heterocycles. The van der Waals surface area contributed by atoms with Gasteiger partial charge in [-0.2, -0.15) is 5.26 Å². The van der Waals surface area contributed by atoms with E-state index >= 15 is 0 Å². The van der Waals surface area contributed by atoms with Crippen molar-refractivity contribution in [2.75, 3.05) is 0 Å². The SMILES string of the molecule is CCCCc1ccc(C#N)n1[C@@H](C)CC. The van der Waals surface area contributed by atoms with Crippen LogP contribution in [0.4, 0.5) is 0 Å². The number of aromatic nitrogens is 1. The van der Waals surface area contributed by atoms with E-state index in [-0.39, 0.29) is 0 Å². The summed E-state index contributed by atoms with van der Waals surface area (Å²) in [4.78, 5) is 0. The predicted octanol–water partition coefficient (Wildman–Crippen LogP) is 3.67. The van der Waals surface area contributed by atoms with Crippen molar-refractivity contribution in [1.82, 2.24) is 4.57 Å². The molecule has 0 aromatic carbocycles. The molecule has 0 amide bonds. The van der Waals surface area contributed by atoms with Crippen LogP contribution in [0, 0.1) is 11.3 Å². The van der Waals surface area contributed by atoms with Gasteiger partial charge in [-0.05, 0) is 38.3 Å². The summed E-state index contributed by atoms with van der Waals surface area (Å²) in [5, 5.41) is 9.03. The predicted molar refractivity (Wildman–Crippen MR) is 62.8 cm³/mol. The second-order valence-electron chi connectivity index (χ2n) is 4.05. The second kappa shape index (κ2) is 5.60. The number of hydrogen-bond donors (Lipinski definition) is 0. The van der Waals surface area contributed by atoms with E-state index in [1.165, 1.54) is 18.5 Å². The molecule has 1 heterocycles. The van der Waals surface area contributed by atoms with Crippen LogP contribution < -0.4 is 0 Å². The van der Waals surface area contributed by atoms with Crippen molar-refractivity contribution in [2.24, 2.45) is 0 Å². The topological polar surface area (TPSA) is 28.7 Å². The number of rotatable bonds is 5. The summed E-state index contributed by atoms with van der Waals surface area (Å²) < 4.78 is 2.19. The molecule has 0 aliphatic rings. The fraction of sp³-hybridized carbons (Fsp3) is 0.615. The summed E-state index contributed by atoms with van der Waals surface area (Å²) in [5.74, 6) is 0. The van der Waals surface area contributed by atoms with Gasteiger partial charge in [0.05, 0.1) is 0 Å². The van der Waals surface area contributed by atoms with Gasteiger partial charge in [-0.15, -0.1) is 0 Å². The fourth-order valence-electron chi connectivity index (χ4n) is 1.85. The van der Waals surface area contributed by atoms with Crippen LogP contribution in [0.25, 0.3) is 0 Å². The van der Waals surface area contributed by atoms with E-state index in [1.54, 1.807) is 0 Å². The van der Waals surface area contributed by atoms with E-state index in [9.17, 15) is 0 Å². The van der Waals surface area contributed by atoms with Gasteiger partial charge in [0.1, 0.15) is 11.8 Å². The Morgan fingerprint density at radius 1 is 1.40 bits per heavy atom. The van der Waals surface area contributed by atoms with E-state index in [1.807, 2.05) is 6.07 Å². The van der Waals surface area contributed by atoms with Gasteiger partial charge in [0.2, 0.25) is 0 Å². The van der Waals surface area contributed by atoms with Crippen LogP contribution in [0.1, 0.15) is 57.5 Å². The Bertz CT molecular complexity index is 344. The number of aryl methyl sites for hydroxylation is 1. The molecule has 1 aromatic heterocycles. The third-order valence-corrected chi connectivity index (χ3v) is 2.94. The Balaban J connectivity index is 2.96. The first-order chi connectivity index (χ1) is 7.24. The number of hydrogen-bond acceptors (Lipinski definition) is 1. The Morgan fingerprint density at radius 2 is 2.13 bits per heavy atom. The average molecular weight is 204 g/mol. The highest BCUT2D eigenvalue weighted by Gasteiger charge is 2.11. The van der Waals surface area contributed by atoms with Crippen molar-refractivity contribution in [3.63, 3.8) is 0 Å². The van der Waals surface area contributed by atoms with Gasteiger partial charge in [-0.3, -0.25) is 0 Å². The molecule has 0 radical (unpaired) electrons. The molecule has 0 aliphatic heterocycles. The molecule has 0 spiro atoms. The van der Waals surface area contributed by atoms with E-state index < -0.39 is 0 Å². The van der Waals surface area contributed by atoms with Gasteiger partial charge in [-0.25, -0.2) is 0 Å². The second-order valence-corrected chi connectivity index (χ2v) is 4.05. The van der Waals surface area contributed by atoms with E-state index in [4.69, 9.17) is 5.26 Å². The Morgan fingerprint density at radius 3 is 2.67 bits per heavy atom. The van der Waals surface area contributed by atoms with Crippen LogP contribution >= 0.6 is 0 Å². The van der Waals surface area contributed by atoms with Crippen LogP contribution in [0.2, 0.25) is 0 Å². The molecular formula is C13H20N2. The Hall–Kier alpha value is -1.23. The minimum atomic E-state index is 0.432. The molecule has 82 valence electrons. The lowest BCUT2D eigenvalue weighted by Crippen LogP contribution is -2.10. The van der Waals surface area contributed by atoms with Gasteiger partial charge < -0.3 is 4.57 Å². The third kappa shape index (κ3) is 2.62. The number of nitriles is 1. The highest BCUT2D eigenvalue weighted by molar-refractivity contribution is 5.28. The summed E-state index contributed by atoms with van der Waals surface area (Å²) in [5.41, 5.74) is 2.11. The quantitative estimate of drug-likeness (QED) is 0.719. The summed E-state index contributed by atoms with van der Waals surface area (Å²) >= 11 is 0. The first-order valence-corrected chi connectivity index (χ1v) is 5.84. The molecule has 0 N–H and O–H groups in total. The smallest absolute Gasteiger partial charge is 0.120 e.